The molecule has 0 amide bonds. The second kappa shape index (κ2) is 4.62. The van der Waals surface area contributed by atoms with E-state index in [1.165, 1.54) is 12.8 Å². The molecule has 3 nitrogen and oxygen atoms in total. The van der Waals surface area contributed by atoms with Crippen molar-refractivity contribution in [3.8, 4) is 0 Å². The van der Waals surface area contributed by atoms with Crippen LogP contribution < -0.4 is 10.6 Å². The molecule has 15 heavy (non-hydrogen) atoms. The third-order valence-corrected chi connectivity index (χ3v) is 3.03. The lowest BCUT2D eigenvalue weighted by Gasteiger charge is -2.31. The van der Waals surface area contributed by atoms with E-state index in [4.69, 9.17) is 5.73 Å². The molecule has 1 aromatic rings. The largest absolute Gasteiger partial charge is 0.356 e. The fourth-order valence-corrected chi connectivity index (χ4v) is 2.12. The highest BCUT2D eigenvalue weighted by Crippen LogP contribution is 2.20. The Morgan fingerprint density at radius 2 is 2.40 bits per heavy atom. The topological polar surface area (TPSA) is 42.1 Å². The summed E-state index contributed by atoms with van der Waals surface area (Å²) >= 11 is 0. The molecule has 0 radical (unpaired) electrons. The Kier molecular flexibility index (Phi) is 3.21. The van der Waals surface area contributed by atoms with Gasteiger partial charge < -0.3 is 10.6 Å². The summed E-state index contributed by atoms with van der Waals surface area (Å²) in [7, 11) is 0. The lowest BCUT2D eigenvalue weighted by atomic mass is 10.0. The van der Waals surface area contributed by atoms with Gasteiger partial charge in [-0.1, -0.05) is 13.0 Å². The fraction of sp³-hybridized carbons (Fsp3) is 0.583. The van der Waals surface area contributed by atoms with Crippen LogP contribution in [0.3, 0.4) is 0 Å². The average molecular weight is 205 g/mol. The van der Waals surface area contributed by atoms with Gasteiger partial charge in [-0.25, -0.2) is 4.98 Å². The number of pyridine rings is 1. The maximum atomic E-state index is 5.55. The Hall–Kier alpha value is -1.09. The Bertz CT molecular complexity index is 307. The summed E-state index contributed by atoms with van der Waals surface area (Å²) in [6, 6.07) is 4.15. The van der Waals surface area contributed by atoms with Crippen LogP contribution in [0.5, 0.6) is 0 Å². The summed E-state index contributed by atoms with van der Waals surface area (Å²) in [4.78, 5) is 6.82. The van der Waals surface area contributed by atoms with Gasteiger partial charge in [0.05, 0.1) is 0 Å². The monoisotopic (exact) mass is 205 g/mol. The molecule has 82 valence electrons. The number of hydrogen-bond donors (Lipinski definition) is 1. The summed E-state index contributed by atoms with van der Waals surface area (Å²) < 4.78 is 0. The van der Waals surface area contributed by atoms with Crippen molar-refractivity contribution in [3.63, 3.8) is 0 Å². The number of nitrogens with zero attached hydrogens (tertiary/aromatic N) is 2. The Balaban J connectivity index is 2.07. The van der Waals surface area contributed by atoms with E-state index in [-0.39, 0.29) is 0 Å². The number of aromatic nitrogens is 1. The maximum absolute atomic E-state index is 5.55. The highest BCUT2D eigenvalue weighted by Gasteiger charge is 2.16. The Morgan fingerprint density at radius 3 is 3.00 bits per heavy atom. The third kappa shape index (κ3) is 2.48. The zero-order valence-corrected chi connectivity index (χ0v) is 9.32. The molecule has 0 saturated carbocycles. The molecule has 3 heteroatoms. The second-order valence-electron chi connectivity index (χ2n) is 4.42. The first-order chi connectivity index (χ1) is 7.29. The van der Waals surface area contributed by atoms with Crippen LogP contribution in [0.1, 0.15) is 25.3 Å². The van der Waals surface area contributed by atoms with E-state index in [0.29, 0.717) is 6.54 Å². The fourth-order valence-electron chi connectivity index (χ4n) is 2.12. The van der Waals surface area contributed by atoms with E-state index in [1.54, 1.807) is 0 Å². The van der Waals surface area contributed by atoms with Gasteiger partial charge in [-0.2, -0.15) is 0 Å². The predicted octanol–water partition coefficient (Wildman–Crippen LogP) is 1.78. The van der Waals surface area contributed by atoms with Crippen molar-refractivity contribution in [3.05, 3.63) is 23.9 Å². The molecular weight excluding hydrogens is 186 g/mol. The molecule has 0 bridgehead atoms. The molecule has 2 heterocycles. The minimum atomic E-state index is 0.573. The van der Waals surface area contributed by atoms with Crippen molar-refractivity contribution in [2.24, 2.45) is 11.7 Å². The van der Waals surface area contributed by atoms with Crippen LogP contribution in [0.25, 0.3) is 0 Å². The minimum Gasteiger partial charge on any atom is -0.356 e. The molecular formula is C12H19N3. The summed E-state index contributed by atoms with van der Waals surface area (Å²) in [6.45, 7) is 5.15. The summed E-state index contributed by atoms with van der Waals surface area (Å²) in [6.07, 6.45) is 4.51. The molecule has 1 aromatic heterocycles. The molecule has 0 aromatic carbocycles. The predicted molar refractivity (Wildman–Crippen MR) is 62.7 cm³/mol. The lowest BCUT2D eigenvalue weighted by Crippen LogP contribution is -2.34. The van der Waals surface area contributed by atoms with Gasteiger partial charge in [0.2, 0.25) is 0 Å². The molecule has 0 unspecified atom stereocenters. The van der Waals surface area contributed by atoms with Crippen molar-refractivity contribution in [1.82, 2.24) is 4.98 Å². The summed E-state index contributed by atoms with van der Waals surface area (Å²) in [5.74, 6) is 1.88. The number of nitrogens with two attached hydrogens (primary N) is 1. The molecule has 1 aliphatic rings. The highest BCUT2D eigenvalue weighted by molar-refractivity contribution is 5.39. The van der Waals surface area contributed by atoms with Gasteiger partial charge >= 0.3 is 0 Å². The van der Waals surface area contributed by atoms with Gasteiger partial charge in [0, 0.05) is 25.8 Å². The van der Waals surface area contributed by atoms with Gasteiger partial charge in [-0.3, -0.25) is 0 Å². The minimum absolute atomic E-state index is 0.573. The Labute approximate surface area is 91.3 Å². The Morgan fingerprint density at radius 1 is 1.53 bits per heavy atom. The highest BCUT2D eigenvalue weighted by atomic mass is 15.2. The second-order valence-corrected chi connectivity index (χ2v) is 4.42. The van der Waals surface area contributed by atoms with Crippen LogP contribution in [-0.2, 0) is 6.54 Å². The van der Waals surface area contributed by atoms with Crippen LogP contribution in [0.2, 0.25) is 0 Å². The lowest BCUT2D eigenvalue weighted by molar-refractivity contribution is 0.444. The van der Waals surface area contributed by atoms with Crippen LogP contribution >= 0.6 is 0 Å². The van der Waals surface area contributed by atoms with Crippen molar-refractivity contribution in [2.45, 2.75) is 26.3 Å². The van der Waals surface area contributed by atoms with Gasteiger partial charge in [-0.15, -0.1) is 0 Å². The van der Waals surface area contributed by atoms with Crippen molar-refractivity contribution in [1.29, 1.82) is 0 Å². The van der Waals surface area contributed by atoms with Crippen LogP contribution in [0.4, 0.5) is 5.82 Å². The molecule has 2 rings (SSSR count). The summed E-state index contributed by atoms with van der Waals surface area (Å²) in [5, 5.41) is 0. The van der Waals surface area contributed by atoms with Crippen molar-refractivity contribution >= 4 is 5.82 Å². The van der Waals surface area contributed by atoms with Gasteiger partial charge in [0.25, 0.3) is 0 Å². The quantitative estimate of drug-likeness (QED) is 0.800. The first-order valence-corrected chi connectivity index (χ1v) is 5.69. The van der Waals surface area contributed by atoms with E-state index in [2.05, 4.69) is 28.9 Å². The van der Waals surface area contributed by atoms with Crippen LogP contribution in [0.15, 0.2) is 18.3 Å². The molecule has 1 saturated heterocycles. The van der Waals surface area contributed by atoms with Gasteiger partial charge in [0.1, 0.15) is 5.82 Å². The van der Waals surface area contributed by atoms with Gasteiger partial charge in [-0.05, 0) is 30.4 Å². The van der Waals surface area contributed by atoms with E-state index in [0.717, 1.165) is 30.4 Å². The maximum Gasteiger partial charge on any atom is 0.128 e. The number of anilines is 1. The molecule has 0 aliphatic carbocycles. The number of rotatable bonds is 2. The normalized spacial score (nSPS) is 21.7. The van der Waals surface area contributed by atoms with Gasteiger partial charge in [0.15, 0.2) is 0 Å². The standard InChI is InChI=1S/C12H19N3/c1-10-3-2-6-15(9-10)12-5-4-11(7-13)8-14-12/h4-5,8,10H,2-3,6-7,9,13H2,1H3/t10-/m0/s1. The first-order valence-electron chi connectivity index (χ1n) is 5.69. The smallest absolute Gasteiger partial charge is 0.128 e. The van der Waals surface area contributed by atoms with Crippen LogP contribution in [-0.4, -0.2) is 18.1 Å². The third-order valence-electron chi connectivity index (χ3n) is 3.03. The zero-order chi connectivity index (χ0) is 10.7. The van der Waals surface area contributed by atoms with E-state index >= 15 is 0 Å². The van der Waals surface area contributed by atoms with Crippen molar-refractivity contribution in [2.75, 3.05) is 18.0 Å². The van der Waals surface area contributed by atoms with Crippen molar-refractivity contribution < 1.29 is 0 Å². The first kappa shape index (κ1) is 10.4. The molecule has 0 spiro atoms. The SMILES string of the molecule is C[C@H]1CCCN(c2ccc(CN)cn2)C1. The van der Waals surface area contributed by atoms with Crippen LogP contribution in [0, 0.1) is 5.92 Å². The van der Waals surface area contributed by atoms with E-state index in [1.807, 2.05) is 6.20 Å². The summed E-state index contributed by atoms with van der Waals surface area (Å²) in [5.41, 5.74) is 6.65. The molecule has 1 aliphatic heterocycles. The number of piperidine rings is 1. The molecule has 1 atom stereocenters. The van der Waals surface area contributed by atoms with E-state index < -0.39 is 0 Å². The molecule has 1 fully saturated rings. The zero-order valence-electron chi connectivity index (χ0n) is 9.32. The average Bonchev–Trinajstić information content (AvgIpc) is 2.29. The number of hydrogen-bond acceptors (Lipinski definition) is 3. The molecule has 2 N–H and O–H groups in total. The van der Waals surface area contributed by atoms with E-state index in [9.17, 15) is 0 Å².